The predicted octanol–water partition coefficient (Wildman–Crippen LogP) is 2.68. The van der Waals surface area contributed by atoms with Crippen LogP contribution >= 0.6 is 0 Å². The molecule has 0 fully saturated rings. The number of hydrogen-bond donors (Lipinski definition) is 2. The second-order valence-corrected chi connectivity index (χ2v) is 6.12. The van der Waals surface area contributed by atoms with Crippen LogP contribution in [-0.2, 0) is 11.3 Å². The van der Waals surface area contributed by atoms with E-state index in [0.29, 0.717) is 12.2 Å². The summed E-state index contributed by atoms with van der Waals surface area (Å²) >= 11 is 0. The number of carbonyl (C=O) groups excluding carboxylic acids is 1. The highest BCUT2D eigenvalue weighted by atomic mass is 19.3. The van der Waals surface area contributed by atoms with Gasteiger partial charge in [-0.15, -0.1) is 0 Å². The number of alkyl halides is 2. The smallest absolute Gasteiger partial charge is 0.387 e. The molecule has 0 heterocycles. The quantitative estimate of drug-likeness (QED) is 0.806. The maximum atomic E-state index is 12.6. The minimum Gasteiger partial charge on any atom is -0.490 e. The van der Waals surface area contributed by atoms with Crippen molar-refractivity contribution >= 4 is 5.91 Å². The molecule has 1 rings (SSSR count). The van der Waals surface area contributed by atoms with Crippen LogP contribution in [0.1, 0.15) is 33.3 Å². The first kappa shape index (κ1) is 19.2. The van der Waals surface area contributed by atoms with Gasteiger partial charge in [-0.3, -0.25) is 4.79 Å². The van der Waals surface area contributed by atoms with E-state index in [9.17, 15) is 13.6 Å². The molecule has 0 aliphatic carbocycles. The fourth-order valence-electron chi connectivity index (χ4n) is 1.88. The van der Waals surface area contributed by atoms with E-state index in [1.54, 1.807) is 19.1 Å². The summed E-state index contributed by atoms with van der Waals surface area (Å²) in [5, 5.41) is 2.64. The van der Waals surface area contributed by atoms with Gasteiger partial charge in [-0.2, -0.15) is 8.78 Å². The number of hydrogen-bond acceptors (Lipinski definition) is 4. The van der Waals surface area contributed by atoms with E-state index in [1.807, 2.05) is 20.8 Å². The Morgan fingerprint density at radius 3 is 2.52 bits per heavy atom. The zero-order valence-electron chi connectivity index (χ0n) is 13.9. The molecule has 7 heteroatoms. The topological polar surface area (TPSA) is 73.6 Å². The second-order valence-electron chi connectivity index (χ2n) is 6.12. The molecule has 1 aromatic carbocycles. The normalized spacial score (nSPS) is 12.9. The zero-order valence-corrected chi connectivity index (χ0v) is 13.9. The maximum Gasteiger partial charge on any atom is 0.387 e. The molecule has 5 nitrogen and oxygen atoms in total. The number of nitrogens with two attached hydrogens (primary N) is 1. The van der Waals surface area contributed by atoms with Gasteiger partial charge >= 0.3 is 6.61 Å². The molecular formula is C16H24F2N2O3. The molecule has 0 radical (unpaired) electrons. The van der Waals surface area contributed by atoms with Crippen molar-refractivity contribution in [3.8, 4) is 11.5 Å². The molecule has 0 spiro atoms. The monoisotopic (exact) mass is 330 g/mol. The highest BCUT2D eigenvalue weighted by Crippen LogP contribution is 2.32. The minimum absolute atomic E-state index is 0.0194. The number of carbonyl (C=O) groups is 1. The van der Waals surface area contributed by atoms with Crippen molar-refractivity contribution in [3.05, 3.63) is 23.8 Å². The number of halogens is 2. The van der Waals surface area contributed by atoms with Gasteiger partial charge in [-0.1, -0.05) is 32.9 Å². The van der Waals surface area contributed by atoms with E-state index in [-0.39, 0.29) is 24.0 Å². The van der Waals surface area contributed by atoms with Crippen LogP contribution in [0, 0.1) is 5.41 Å². The highest BCUT2D eigenvalue weighted by molar-refractivity contribution is 5.82. The fraction of sp³-hybridized carbons (Fsp3) is 0.562. The van der Waals surface area contributed by atoms with Crippen molar-refractivity contribution in [2.24, 2.45) is 11.1 Å². The van der Waals surface area contributed by atoms with Crippen LogP contribution in [-0.4, -0.2) is 25.2 Å². The van der Waals surface area contributed by atoms with Gasteiger partial charge in [-0.05, 0) is 18.4 Å². The molecule has 0 unspecified atom stereocenters. The van der Waals surface area contributed by atoms with Crippen molar-refractivity contribution < 1.29 is 23.0 Å². The van der Waals surface area contributed by atoms with Crippen molar-refractivity contribution in [1.29, 1.82) is 0 Å². The molecule has 1 amide bonds. The summed E-state index contributed by atoms with van der Waals surface area (Å²) < 4.78 is 35.1. The van der Waals surface area contributed by atoms with Gasteiger partial charge < -0.3 is 20.5 Å². The number of para-hydroxylation sites is 1. The summed E-state index contributed by atoms with van der Waals surface area (Å²) in [5.41, 5.74) is 5.86. The molecule has 130 valence electrons. The third kappa shape index (κ3) is 5.67. The highest BCUT2D eigenvalue weighted by Gasteiger charge is 2.27. The van der Waals surface area contributed by atoms with Gasteiger partial charge in [0.05, 0.1) is 12.6 Å². The lowest BCUT2D eigenvalue weighted by Gasteiger charge is -2.26. The molecule has 0 aliphatic heterocycles. The number of amides is 1. The van der Waals surface area contributed by atoms with Crippen LogP contribution in [0.5, 0.6) is 11.5 Å². The molecule has 3 N–H and O–H groups in total. The molecule has 23 heavy (non-hydrogen) atoms. The fourth-order valence-corrected chi connectivity index (χ4v) is 1.88. The minimum atomic E-state index is -2.98. The van der Waals surface area contributed by atoms with E-state index < -0.39 is 18.1 Å². The summed E-state index contributed by atoms with van der Waals surface area (Å²) in [6.07, 6.45) is 0. The number of rotatable bonds is 7. The van der Waals surface area contributed by atoms with E-state index >= 15 is 0 Å². The Hall–Kier alpha value is -1.89. The van der Waals surface area contributed by atoms with E-state index in [2.05, 4.69) is 10.1 Å². The largest absolute Gasteiger partial charge is 0.490 e. The van der Waals surface area contributed by atoms with E-state index in [4.69, 9.17) is 10.5 Å². The molecule has 0 bridgehead atoms. The van der Waals surface area contributed by atoms with Crippen LogP contribution in [0.4, 0.5) is 8.78 Å². The Morgan fingerprint density at radius 2 is 2.00 bits per heavy atom. The summed E-state index contributed by atoms with van der Waals surface area (Å²) in [4.78, 5) is 12.1. The lowest BCUT2D eigenvalue weighted by atomic mass is 9.87. The average Bonchev–Trinajstić information content (AvgIpc) is 2.45. The first-order valence-corrected chi connectivity index (χ1v) is 7.39. The Morgan fingerprint density at radius 1 is 1.35 bits per heavy atom. The standard InChI is InChI=1S/C16H24F2N2O3/c1-5-22-11-8-6-7-10(12(11)23-15(17)18)9-20-14(21)13(19)16(2,3)4/h6-8,13,15H,5,9,19H2,1-4H3,(H,20,21)/t13-/m1/s1. The predicted molar refractivity (Wildman–Crippen MR) is 83.5 cm³/mol. The van der Waals surface area contributed by atoms with Gasteiger partial charge in [0.15, 0.2) is 11.5 Å². The molecule has 1 aromatic rings. The number of nitrogens with one attached hydrogen (secondary N) is 1. The summed E-state index contributed by atoms with van der Waals surface area (Å²) in [7, 11) is 0. The molecule has 1 atom stereocenters. The van der Waals surface area contributed by atoms with Crippen molar-refractivity contribution in [2.75, 3.05) is 6.61 Å². The first-order chi connectivity index (χ1) is 10.7. The van der Waals surface area contributed by atoms with Crippen molar-refractivity contribution in [2.45, 2.75) is 46.9 Å². The van der Waals surface area contributed by atoms with Gasteiger partial charge in [0, 0.05) is 12.1 Å². The van der Waals surface area contributed by atoms with Gasteiger partial charge in [0.2, 0.25) is 5.91 Å². The van der Waals surface area contributed by atoms with E-state index in [1.165, 1.54) is 6.07 Å². The van der Waals surface area contributed by atoms with Crippen molar-refractivity contribution in [1.82, 2.24) is 5.32 Å². The zero-order chi connectivity index (χ0) is 17.6. The van der Waals surface area contributed by atoms with E-state index in [0.717, 1.165) is 0 Å². The third-order valence-corrected chi connectivity index (χ3v) is 3.24. The summed E-state index contributed by atoms with van der Waals surface area (Å²) in [5.74, 6) is -0.226. The third-order valence-electron chi connectivity index (χ3n) is 3.24. The molecule has 0 saturated carbocycles. The van der Waals surface area contributed by atoms with Crippen LogP contribution in [0.15, 0.2) is 18.2 Å². The first-order valence-electron chi connectivity index (χ1n) is 7.39. The summed E-state index contributed by atoms with van der Waals surface area (Å²) in [6, 6.07) is 4.06. The Labute approximate surface area is 135 Å². The molecule has 0 aromatic heterocycles. The summed E-state index contributed by atoms with van der Waals surface area (Å²) in [6.45, 7) is 4.62. The Kier molecular flexibility index (Phi) is 6.75. The SMILES string of the molecule is CCOc1cccc(CNC(=O)[C@@H](N)C(C)(C)C)c1OC(F)F. The van der Waals surface area contributed by atoms with Gasteiger partial charge in [0.25, 0.3) is 0 Å². The molecular weight excluding hydrogens is 306 g/mol. The number of ether oxygens (including phenoxy) is 2. The van der Waals surface area contributed by atoms with Crippen LogP contribution < -0.4 is 20.5 Å². The maximum absolute atomic E-state index is 12.6. The Balaban J connectivity index is 2.91. The second kappa shape index (κ2) is 8.10. The molecule has 0 aliphatic rings. The van der Waals surface area contributed by atoms with Crippen LogP contribution in [0.25, 0.3) is 0 Å². The average molecular weight is 330 g/mol. The van der Waals surface area contributed by atoms with Gasteiger partial charge in [0.1, 0.15) is 0 Å². The molecule has 0 saturated heterocycles. The van der Waals surface area contributed by atoms with Crippen LogP contribution in [0.2, 0.25) is 0 Å². The Bertz CT molecular complexity index is 531. The van der Waals surface area contributed by atoms with Gasteiger partial charge in [-0.25, -0.2) is 0 Å². The lowest BCUT2D eigenvalue weighted by molar-refractivity contribution is -0.124. The van der Waals surface area contributed by atoms with Crippen molar-refractivity contribution in [3.63, 3.8) is 0 Å². The van der Waals surface area contributed by atoms with Crippen LogP contribution in [0.3, 0.4) is 0 Å². The lowest BCUT2D eigenvalue weighted by Crippen LogP contribution is -2.48. The number of benzene rings is 1.